The van der Waals surface area contributed by atoms with Gasteiger partial charge in [0, 0.05) is 25.1 Å². The van der Waals surface area contributed by atoms with Crippen molar-refractivity contribution in [2.75, 3.05) is 19.8 Å². The molecule has 3 nitrogen and oxygen atoms in total. The minimum atomic E-state index is -3.08. The maximum atomic E-state index is 13.4. The van der Waals surface area contributed by atoms with Crippen molar-refractivity contribution in [2.24, 2.45) is 11.8 Å². The van der Waals surface area contributed by atoms with E-state index in [1.54, 1.807) is 11.6 Å². The van der Waals surface area contributed by atoms with Gasteiger partial charge in [-0.2, -0.15) is 0 Å². The van der Waals surface area contributed by atoms with Gasteiger partial charge < -0.3 is 9.46 Å². The predicted octanol–water partition coefficient (Wildman–Crippen LogP) is 6.94. The van der Waals surface area contributed by atoms with Crippen LogP contribution in [0.25, 0.3) is 0 Å². The molecule has 4 heteroatoms. The fourth-order valence-electron chi connectivity index (χ4n) is 3.55. The molecule has 28 heavy (non-hydrogen) atoms. The Morgan fingerprint density at radius 1 is 0.893 bits per heavy atom. The lowest BCUT2D eigenvalue weighted by atomic mass is 10.1. The standard InChI is InChI=1S/C24H42NO2P/c1-7-8-9-10-11-12-13-22-14-16-23(17-15-22)28(6,27)24(26)25(18-20(2)3)19-21(4)5/h14-17,20-21H,7-13,18-19H2,1-6H3. The summed E-state index contributed by atoms with van der Waals surface area (Å²) in [5.41, 5.74) is 1.08. The third-order valence-electron chi connectivity index (χ3n) is 5.05. The molecule has 1 aromatic rings. The van der Waals surface area contributed by atoms with Crippen LogP contribution in [0.2, 0.25) is 0 Å². The van der Waals surface area contributed by atoms with Crippen LogP contribution in [0.4, 0.5) is 4.79 Å². The Bertz CT molecular complexity index is 612. The predicted molar refractivity (Wildman–Crippen MR) is 123 cm³/mol. The summed E-state index contributed by atoms with van der Waals surface area (Å²) in [5.74, 6) is 0.727. The van der Waals surface area contributed by atoms with Crippen LogP contribution in [0.5, 0.6) is 0 Å². The van der Waals surface area contributed by atoms with Crippen LogP contribution in [0, 0.1) is 11.8 Å². The van der Waals surface area contributed by atoms with Gasteiger partial charge in [0.2, 0.25) is 0 Å². The summed E-state index contributed by atoms with van der Waals surface area (Å²) in [4.78, 5) is 14.9. The molecule has 0 aliphatic heterocycles. The lowest BCUT2D eigenvalue weighted by molar-refractivity contribution is 0.205. The molecule has 0 saturated heterocycles. The Morgan fingerprint density at radius 2 is 1.39 bits per heavy atom. The van der Waals surface area contributed by atoms with Crippen molar-refractivity contribution in [3.05, 3.63) is 29.8 Å². The van der Waals surface area contributed by atoms with Gasteiger partial charge in [0.1, 0.15) is 0 Å². The van der Waals surface area contributed by atoms with Crippen LogP contribution in [-0.4, -0.2) is 30.3 Å². The summed E-state index contributed by atoms with van der Waals surface area (Å²) in [5, 5.41) is 0.682. The van der Waals surface area contributed by atoms with Gasteiger partial charge in [-0.05, 0) is 30.2 Å². The van der Waals surface area contributed by atoms with Crippen molar-refractivity contribution >= 4 is 18.1 Å². The Kier molecular flexibility index (Phi) is 11.1. The third kappa shape index (κ3) is 8.52. The highest BCUT2D eigenvalue weighted by Crippen LogP contribution is 2.43. The van der Waals surface area contributed by atoms with Crippen molar-refractivity contribution in [2.45, 2.75) is 79.6 Å². The van der Waals surface area contributed by atoms with E-state index in [2.05, 4.69) is 46.8 Å². The zero-order chi connectivity index (χ0) is 21.2. The first-order chi connectivity index (χ1) is 13.2. The Balaban J connectivity index is 2.73. The molecule has 0 radical (unpaired) electrons. The molecule has 0 bridgehead atoms. The summed E-state index contributed by atoms with van der Waals surface area (Å²) in [6, 6.07) is 7.93. The third-order valence-corrected chi connectivity index (χ3v) is 7.35. The van der Waals surface area contributed by atoms with Crippen LogP contribution in [0.15, 0.2) is 24.3 Å². The Labute approximate surface area is 173 Å². The first-order valence-electron chi connectivity index (χ1n) is 11.1. The lowest BCUT2D eigenvalue weighted by Gasteiger charge is -2.29. The van der Waals surface area contributed by atoms with E-state index in [4.69, 9.17) is 0 Å². The molecule has 1 atom stereocenters. The van der Waals surface area contributed by atoms with E-state index in [0.29, 0.717) is 30.2 Å². The van der Waals surface area contributed by atoms with Crippen molar-refractivity contribution in [1.29, 1.82) is 0 Å². The molecule has 1 unspecified atom stereocenters. The highest BCUT2D eigenvalue weighted by Gasteiger charge is 2.33. The lowest BCUT2D eigenvalue weighted by Crippen LogP contribution is -2.37. The molecule has 160 valence electrons. The second-order valence-electron chi connectivity index (χ2n) is 9.08. The van der Waals surface area contributed by atoms with Gasteiger partial charge in [0.25, 0.3) is 5.65 Å². The number of carbonyl (C=O) groups is 1. The minimum absolute atomic E-state index is 0.196. The molecular weight excluding hydrogens is 365 g/mol. The van der Waals surface area contributed by atoms with E-state index < -0.39 is 7.14 Å². The highest BCUT2D eigenvalue weighted by molar-refractivity contribution is 7.86. The maximum Gasteiger partial charge on any atom is 0.285 e. The number of hydrogen-bond acceptors (Lipinski definition) is 2. The normalized spacial score (nSPS) is 13.7. The van der Waals surface area contributed by atoms with Gasteiger partial charge in [-0.3, -0.25) is 4.79 Å². The molecule has 0 N–H and O–H groups in total. The van der Waals surface area contributed by atoms with E-state index >= 15 is 0 Å². The van der Waals surface area contributed by atoms with Gasteiger partial charge in [-0.25, -0.2) is 0 Å². The number of carbonyl (C=O) groups excluding carboxylic acids is 1. The molecule has 0 aliphatic rings. The number of hydrogen-bond donors (Lipinski definition) is 0. The van der Waals surface area contributed by atoms with Gasteiger partial charge >= 0.3 is 0 Å². The van der Waals surface area contributed by atoms with Crippen LogP contribution in [0.1, 0.15) is 78.7 Å². The zero-order valence-electron chi connectivity index (χ0n) is 19.0. The number of benzene rings is 1. The molecule has 0 heterocycles. The number of unbranched alkanes of at least 4 members (excludes halogenated alkanes) is 5. The minimum Gasteiger partial charge on any atom is -0.336 e. The van der Waals surface area contributed by atoms with E-state index in [0.717, 1.165) is 6.42 Å². The number of amides is 1. The second-order valence-corrected chi connectivity index (χ2v) is 11.8. The molecule has 0 spiro atoms. The zero-order valence-corrected chi connectivity index (χ0v) is 19.9. The topological polar surface area (TPSA) is 37.4 Å². The van der Waals surface area contributed by atoms with E-state index in [-0.39, 0.29) is 5.65 Å². The molecule has 1 amide bonds. The second kappa shape index (κ2) is 12.5. The van der Waals surface area contributed by atoms with Crippen LogP contribution >= 0.6 is 7.14 Å². The van der Waals surface area contributed by atoms with Gasteiger partial charge in [0.15, 0.2) is 7.14 Å². The van der Waals surface area contributed by atoms with Crippen molar-refractivity contribution in [1.82, 2.24) is 4.90 Å². The molecule has 0 aliphatic carbocycles. The molecule has 0 saturated carbocycles. The van der Waals surface area contributed by atoms with E-state index in [1.807, 2.05) is 12.1 Å². The van der Waals surface area contributed by atoms with Crippen molar-refractivity contribution < 1.29 is 9.36 Å². The van der Waals surface area contributed by atoms with Gasteiger partial charge in [0.05, 0.1) is 0 Å². The largest absolute Gasteiger partial charge is 0.336 e. The quantitative estimate of drug-likeness (QED) is 0.262. The molecule has 1 aromatic carbocycles. The summed E-state index contributed by atoms with van der Waals surface area (Å²) in [7, 11) is -3.08. The van der Waals surface area contributed by atoms with Crippen LogP contribution in [-0.2, 0) is 11.0 Å². The summed E-state index contributed by atoms with van der Waals surface area (Å²) < 4.78 is 13.4. The summed E-state index contributed by atoms with van der Waals surface area (Å²) in [6.45, 7) is 13.6. The maximum absolute atomic E-state index is 13.4. The van der Waals surface area contributed by atoms with Gasteiger partial charge in [-0.1, -0.05) is 91.0 Å². The van der Waals surface area contributed by atoms with E-state index in [1.165, 1.54) is 44.1 Å². The summed E-state index contributed by atoms with van der Waals surface area (Å²) in [6.07, 6.45) is 8.78. The van der Waals surface area contributed by atoms with Crippen molar-refractivity contribution in [3.8, 4) is 0 Å². The van der Waals surface area contributed by atoms with E-state index in [9.17, 15) is 9.36 Å². The monoisotopic (exact) mass is 407 g/mol. The van der Waals surface area contributed by atoms with Crippen LogP contribution in [0.3, 0.4) is 0 Å². The van der Waals surface area contributed by atoms with Crippen molar-refractivity contribution in [3.63, 3.8) is 0 Å². The molecule has 1 rings (SSSR count). The summed E-state index contributed by atoms with van der Waals surface area (Å²) >= 11 is 0. The SMILES string of the molecule is CCCCCCCCc1ccc(P(C)(=O)C(=O)N(CC(C)C)CC(C)C)cc1. The van der Waals surface area contributed by atoms with Crippen LogP contribution < -0.4 is 5.30 Å². The number of aryl methyl sites for hydroxylation is 1. The molecule has 0 aromatic heterocycles. The van der Waals surface area contributed by atoms with Gasteiger partial charge in [-0.15, -0.1) is 0 Å². The Morgan fingerprint density at radius 3 is 1.89 bits per heavy atom. The average molecular weight is 408 g/mol. The Hall–Kier alpha value is -1.08. The molecular formula is C24H42NO2P. The fraction of sp³-hybridized carbons (Fsp3) is 0.708. The average Bonchev–Trinajstić information content (AvgIpc) is 2.63. The first kappa shape index (κ1) is 25.0. The molecule has 0 fully saturated rings. The number of rotatable bonds is 13. The highest BCUT2D eigenvalue weighted by atomic mass is 31.2. The first-order valence-corrected chi connectivity index (χ1v) is 13.3. The number of nitrogens with zero attached hydrogens (tertiary/aromatic N) is 1. The fourth-order valence-corrected chi connectivity index (χ4v) is 5.19. The smallest absolute Gasteiger partial charge is 0.285 e.